The van der Waals surface area contributed by atoms with Crippen molar-refractivity contribution in [1.82, 2.24) is 14.5 Å². The second-order valence-electron chi connectivity index (χ2n) is 5.02. The normalized spacial score (nSPS) is 11.4. The Morgan fingerprint density at radius 3 is 2.62 bits per heavy atom. The average Bonchev–Trinajstić information content (AvgIpc) is 3.05. The minimum absolute atomic E-state index is 0.0489. The standard InChI is InChI=1S/C15H21N5O/c1-3-15(4-2,10-16)14(21)19-12-5-6-13(18-9-12)20-8-7-17-11-20/h5-9,11H,3-4,10,16H2,1-2H3,(H,19,21). The minimum atomic E-state index is -0.511. The summed E-state index contributed by atoms with van der Waals surface area (Å²) < 4.78 is 1.80. The van der Waals surface area contributed by atoms with Crippen molar-refractivity contribution in [3.05, 3.63) is 37.1 Å². The number of carbonyl (C=O) groups is 1. The number of carbonyl (C=O) groups excluding carboxylic acids is 1. The van der Waals surface area contributed by atoms with Gasteiger partial charge in [-0.15, -0.1) is 0 Å². The lowest BCUT2D eigenvalue weighted by molar-refractivity contribution is -0.125. The summed E-state index contributed by atoms with van der Waals surface area (Å²) in [4.78, 5) is 20.7. The van der Waals surface area contributed by atoms with Crippen molar-refractivity contribution in [2.24, 2.45) is 11.1 Å². The maximum absolute atomic E-state index is 12.4. The molecule has 0 aliphatic rings. The van der Waals surface area contributed by atoms with Gasteiger partial charge >= 0.3 is 0 Å². The molecule has 2 rings (SSSR count). The first-order chi connectivity index (χ1) is 10.1. The maximum Gasteiger partial charge on any atom is 0.231 e. The second-order valence-corrected chi connectivity index (χ2v) is 5.02. The predicted molar refractivity (Wildman–Crippen MR) is 82.1 cm³/mol. The third-order valence-corrected chi connectivity index (χ3v) is 4.00. The van der Waals surface area contributed by atoms with E-state index in [2.05, 4.69) is 15.3 Å². The summed E-state index contributed by atoms with van der Waals surface area (Å²) in [5.74, 6) is 0.703. The van der Waals surface area contributed by atoms with Crippen LogP contribution in [0.1, 0.15) is 26.7 Å². The van der Waals surface area contributed by atoms with E-state index in [1.54, 1.807) is 23.3 Å². The first-order valence-corrected chi connectivity index (χ1v) is 7.11. The smallest absolute Gasteiger partial charge is 0.231 e. The lowest BCUT2D eigenvalue weighted by Gasteiger charge is -2.28. The van der Waals surface area contributed by atoms with Crippen LogP contribution in [0.25, 0.3) is 5.82 Å². The molecule has 6 nitrogen and oxygen atoms in total. The van der Waals surface area contributed by atoms with Crippen LogP contribution in [-0.4, -0.2) is 27.0 Å². The molecule has 2 aromatic rings. The molecule has 0 radical (unpaired) electrons. The Balaban J connectivity index is 2.11. The van der Waals surface area contributed by atoms with Crippen LogP contribution in [0.5, 0.6) is 0 Å². The van der Waals surface area contributed by atoms with Crippen LogP contribution < -0.4 is 11.1 Å². The molecular weight excluding hydrogens is 266 g/mol. The van der Waals surface area contributed by atoms with E-state index < -0.39 is 5.41 Å². The van der Waals surface area contributed by atoms with E-state index in [0.717, 1.165) is 5.82 Å². The van der Waals surface area contributed by atoms with Gasteiger partial charge in [0.25, 0.3) is 0 Å². The number of nitrogens with two attached hydrogens (primary N) is 1. The molecule has 1 amide bonds. The van der Waals surface area contributed by atoms with Crippen LogP contribution in [0, 0.1) is 5.41 Å². The Kier molecular flexibility index (Phi) is 4.70. The maximum atomic E-state index is 12.4. The second kappa shape index (κ2) is 6.49. The molecular formula is C15H21N5O. The number of imidazole rings is 1. The SMILES string of the molecule is CCC(CC)(CN)C(=O)Nc1ccc(-n2ccnc2)nc1. The molecule has 0 saturated heterocycles. The van der Waals surface area contributed by atoms with Gasteiger partial charge in [-0.2, -0.15) is 0 Å². The van der Waals surface area contributed by atoms with Crippen LogP contribution in [0.2, 0.25) is 0 Å². The van der Waals surface area contributed by atoms with Gasteiger partial charge in [0.1, 0.15) is 12.1 Å². The molecule has 2 heterocycles. The highest BCUT2D eigenvalue weighted by Gasteiger charge is 2.33. The molecule has 6 heteroatoms. The topological polar surface area (TPSA) is 85.8 Å². The number of anilines is 1. The van der Waals surface area contributed by atoms with Crippen molar-refractivity contribution in [3.63, 3.8) is 0 Å². The molecule has 0 bridgehead atoms. The molecule has 112 valence electrons. The van der Waals surface area contributed by atoms with Gasteiger partial charge < -0.3 is 11.1 Å². The van der Waals surface area contributed by atoms with Gasteiger partial charge in [-0.1, -0.05) is 13.8 Å². The predicted octanol–water partition coefficient (Wildman–Crippen LogP) is 1.97. The summed E-state index contributed by atoms with van der Waals surface area (Å²) >= 11 is 0. The number of amides is 1. The highest BCUT2D eigenvalue weighted by Crippen LogP contribution is 2.26. The number of nitrogens with zero attached hydrogens (tertiary/aromatic N) is 3. The summed E-state index contributed by atoms with van der Waals surface area (Å²) in [5, 5.41) is 2.90. The van der Waals surface area contributed by atoms with Crippen molar-refractivity contribution in [3.8, 4) is 5.82 Å². The Hall–Kier alpha value is -2.21. The van der Waals surface area contributed by atoms with Crippen molar-refractivity contribution < 1.29 is 4.79 Å². The van der Waals surface area contributed by atoms with E-state index in [0.29, 0.717) is 25.1 Å². The first kappa shape index (κ1) is 15.2. The fourth-order valence-electron chi connectivity index (χ4n) is 2.22. The summed E-state index contributed by atoms with van der Waals surface area (Å²) in [7, 11) is 0. The van der Waals surface area contributed by atoms with Crippen LogP contribution >= 0.6 is 0 Å². The van der Waals surface area contributed by atoms with Crippen LogP contribution in [-0.2, 0) is 4.79 Å². The van der Waals surface area contributed by atoms with Gasteiger partial charge in [-0.05, 0) is 25.0 Å². The zero-order valence-electron chi connectivity index (χ0n) is 12.4. The Bertz CT molecular complexity index is 564. The number of nitrogens with one attached hydrogen (secondary N) is 1. The van der Waals surface area contributed by atoms with Crippen molar-refractivity contribution in [1.29, 1.82) is 0 Å². The van der Waals surface area contributed by atoms with Gasteiger partial charge in [0, 0.05) is 18.9 Å². The fourth-order valence-corrected chi connectivity index (χ4v) is 2.22. The molecule has 0 spiro atoms. The molecule has 0 aliphatic carbocycles. The molecule has 0 fully saturated rings. The third kappa shape index (κ3) is 3.11. The lowest BCUT2D eigenvalue weighted by atomic mass is 9.81. The monoisotopic (exact) mass is 287 g/mol. The molecule has 0 saturated carbocycles. The van der Waals surface area contributed by atoms with Crippen molar-refractivity contribution in [2.45, 2.75) is 26.7 Å². The molecule has 2 aromatic heterocycles. The number of hydrogen-bond donors (Lipinski definition) is 2. The van der Waals surface area contributed by atoms with Gasteiger partial charge in [-0.3, -0.25) is 9.36 Å². The Morgan fingerprint density at radius 1 is 1.38 bits per heavy atom. The van der Waals surface area contributed by atoms with E-state index in [4.69, 9.17) is 5.73 Å². The quantitative estimate of drug-likeness (QED) is 0.850. The van der Waals surface area contributed by atoms with Crippen LogP contribution in [0.3, 0.4) is 0 Å². The highest BCUT2D eigenvalue weighted by atomic mass is 16.2. The number of pyridine rings is 1. The zero-order valence-corrected chi connectivity index (χ0v) is 12.4. The van der Waals surface area contributed by atoms with Crippen LogP contribution in [0.15, 0.2) is 37.1 Å². The molecule has 21 heavy (non-hydrogen) atoms. The molecule has 3 N–H and O–H groups in total. The van der Waals surface area contributed by atoms with Crippen molar-refractivity contribution >= 4 is 11.6 Å². The number of aromatic nitrogens is 3. The Morgan fingerprint density at radius 2 is 2.14 bits per heavy atom. The number of hydrogen-bond acceptors (Lipinski definition) is 4. The minimum Gasteiger partial charge on any atom is -0.329 e. The Labute approximate surface area is 124 Å². The van der Waals surface area contributed by atoms with Gasteiger partial charge in [0.15, 0.2) is 0 Å². The number of rotatable bonds is 6. The van der Waals surface area contributed by atoms with Gasteiger partial charge in [-0.25, -0.2) is 9.97 Å². The van der Waals surface area contributed by atoms with E-state index in [-0.39, 0.29) is 5.91 Å². The first-order valence-electron chi connectivity index (χ1n) is 7.11. The molecule has 0 aliphatic heterocycles. The molecule has 0 atom stereocenters. The highest BCUT2D eigenvalue weighted by molar-refractivity contribution is 5.95. The third-order valence-electron chi connectivity index (χ3n) is 4.00. The van der Waals surface area contributed by atoms with E-state index in [1.165, 1.54) is 0 Å². The van der Waals surface area contributed by atoms with E-state index >= 15 is 0 Å². The van der Waals surface area contributed by atoms with Crippen LogP contribution in [0.4, 0.5) is 5.69 Å². The van der Waals surface area contributed by atoms with Crippen molar-refractivity contribution in [2.75, 3.05) is 11.9 Å². The summed E-state index contributed by atoms with van der Waals surface area (Å²) in [6.07, 6.45) is 8.25. The molecule has 0 aromatic carbocycles. The van der Waals surface area contributed by atoms with Gasteiger partial charge in [0.2, 0.25) is 5.91 Å². The summed E-state index contributed by atoms with van der Waals surface area (Å²) in [6, 6.07) is 3.66. The van der Waals surface area contributed by atoms with Gasteiger partial charge in [0.05, 0.1) is 17.3 Å². The largest absolute Gasteiger partial charge is 0.329 e. The van der Waals surface area contributed by atoms with E-state index in [1.807, 2.05) is 32.2 Å². The zero-order chi connectivity index (χ0) is 15.3. The average molecular weight is 287 g/mol. The fraction of sp³-hybridized carbons (Fsp3) is 0.400. The lowest BCUT2D eigenvalue weighted by Crippen LogP contribution is -2.41. The summed E-state index contributed by atoms with van der Waals surface area (Å²) in [5.41, 5.74) is 5.94. The summed E-state index contributed by atoms with van der Waals surface area (Å²) in [6.45, 7) is 4.30. The van der Waals surface area contributed by atoms with E-state index in [9.17, 15) is 4.79 Å². The molecule has 0 unspecified atom stereocenters.